The van der Waals surface area contributed by atoms with Gasteiger partial charge < -0.3 is 5.32 Å². The fourth-order valence-corrected chi connectivity index (χ4v) is 4.23. The van der Waals surface area contributed by atoms with E-state index in [0.717, 1.165) is 24.1 Å². The Hall–Kier alpha value is -2.68. The predicted octanol–water partition coefficient (Wildman–Crippen LogP) is 3.07. The number of aromatic nitrogens is 6. The van der Waals surface area contributed by atoms with E-state index in [1.54, 1.807) is 0 Å². The fraction of sp³-hybridized carbons (Fsp3) is 0.421. The molecule has 0 unspecified atom stereocenters. The molecule has 1 aromatic carbocycles. The smallest absolute Gasteiger partial charge is 0.235 e. The van der Waals surface area contributed by atoms with Crippen LogP contribution in [0.2, 0.25) is 0 Å². The zero-order chi connectivity index (χ0) is 19.3. The van der Waals surface area contributed by atoms with Crippen molar-refractivity contribution in [2.45, 2.75) is 50.4 Å². The third kappa shape index (κ3) is 4.41. The van der Waals surface area contributed by atoms with Gasteiger partial charge >= 0.3 is 0 Å². The van der Waals surface area contributed by atoms with Crippen molar-refractivity contribution >= 4 is 23.5 Å². The van der Waals surface area contributed by atoms with Gasteiger partial charge in [0, 0.05) is 6.07 Å². The highest BCUT2D eigenvalue weighted by Gasteiger charge is 2.22. The molecule has 28 heavy (non-hydrogen) atoms. The van der Waals surface area contributed by atoms with Gasteiger partial charge in [0.15, 0.2) is 0 Å². The molecule has 2 heterocycles. The van der Waals surface area contributed by atoms with Crippen molar-refractivity contribution in [1.82, 2.24) is 30.0 Å². The van der Waals surface area contributed by atoms with E-state index in [2.05, 4.69) is 25.9 Å². The zero-order valence-corrected chi connectivity index (χ0v) is 16.6. The molecule has 0 aliphatic heterocycles. The minimum Gasteiger partial charge on any atom is -0.310 e. The number of tetrazole rings is 1. The van der Waals surface area contributed by atoms with Crippen LogP contribution in [-0.2, 0) is 11.3 Å². The summed E-state index contributed by atoms with van der Waals surface area (Å²) in [5, 5.41) is 20.2. The van der Waals surface area contributed by atoms with Crippen LogP contribution in [0.1, 0.15) is 43.0 Å². The molecular formula is C19H23N7OS. The summed E-state index contributed by atoms with van der Waals surface area (Å²) in [6, 6.07) is 12.3. The van der Waals surface area contributed by atoms with Crippen LogP contribution >= 0.6 is 11.8 Å². The first-order valence-corrected chi connectivity index (χ1v) is 10.5. The Morgan fingerprint density at radius 1 is 1.25 bits per heavy atom. The molecule has 9 heteroatoms. The van der Waals surface area contributed by atoms with Crippen LogP contribution in [0.15, 0.2) is 41.6 Å². The van der Waals surface area contributed by atoms with Gasteiger partial charge in [-0.25, -0.2) is 9.36 Å². The van der Waals surface area contributed by atoms with Crippen LogP contribution < -0.4 is 5.32 Å². The summed E-state index contributed by atoms with van der Waals surface area (Å²) in [6.07, 6.45) is 4.62. The molecule has 1 N–H and O–H groups in total. The van der Waals surface area contributed by atoms with Gasteiger partial charge in [-0.15, -0.1) is 5.10 Å². The van der Waals surface area contributed by atoms with Gasteiger partial charge in [-0.2, -0.15) is 5.10 Å². The van der Waals surface area contributed by atoms with Crippen LogP contribution in [0.25, 0.3) is 0 Å². The maximum absolute atomic E-state index is 12.5. The van der Waals surface area contributed by atoms with E-state index in [0.29, 0.717) is 23.6 Å². The molecule has 146 valence electrons. The molecule has 1 fully saturated rings. The summed E-state index contributed by atoms with van der Waals surface area (Å²) in [5.74, 6) is 0.852. The van der Waals surface area contributed by atoms with Gasteiger partial charge in [-0.3, -0.25) is 4.79 Å². The Morgan fingerprint density at radius 3 is 2.82 bits per heavy atom. The number of anilines is 1. The normalized spacial score (nSPS) is 14.5. The zero-order valence-electron chi connectivity index (χ0n) is 15.8. The van der Waals surface area contributed by atoms with Crippen molar-refractivity contribution in [3.05, 3.63) is 47.7 Å². The van der Waals surface area contributed by atoms with Crippen LogP contribution in [0.4, 0.5) is 5.82 Å². The number of hydrogen-bond donors (Lipinski definition) is 1. The van der Waals surface area contributed by atoms with E-state index in [1.165, 1.54) is 24.6 Å². The highest BCUT2D eigenvalue weighted by atomic mass is 32.2. The van der Waals surface area contributed by atoms with Crippen molar-refractivity contribution in [3.8, 4) is 0 Å². The first-order valence-electron chi connectivity index (χ1n) is 9.48. The molecule has 1 saturated carbocycles. The molecule has 1 amide bonds. The minimum absolute atomic E-state index is 0.0971. The summed E-state index contributed by atoms with van der Waals surface area (Å²) in [7, 11) is 0. The van der Waals surface area contributed by atoms with E-state index in [4.69, 9.17) is 0 Å². The summed E-state index contributed by atoms with van der Waals surface area (Å²) in [6.45, 7) is 2.53. The molecule has 8 nitrogen and oxygen atoms in total. The molecule has 1 aliphatic carbocycles. The van der Waals surface area contributed by atoms with Gasteiger partial charge in [-0.05, 0) is 35.8 Å². The standard InChI is InChI=1S/C19H23N7OS/c1-14-11-17(25(22-14)12-15-7-3-2-4-8-15)20-18(27)13-28-19-21-23-24-26(19)16-9-5-6-10-16/h2-4,7-8,11,16H,5-6,9-10,12-13H2,1H3,(H,20,27). The number of benzene rings is 1. The van der Waals surface area contributed by atoms with Crippen LogP contribution in [0, 0.1) is 6.92 Å². The number of carbonyl (C=O) groups is 1. The van der Waals surface area contributed by atoms with E-state index in [9.17, 15) is 4.79 Å². The van der Waals surface area contributed by atoms with Gasteiger partial charge in [0.05, 0.1) is 24.0 Å². The van der Waals surface area contributed by atoms with Gasteiger partial charge in [0.2, 0.25) is 11.1 Å². The molecule has 4 rings (SSSR count). The average molecular weight is 398 g/mol. The highest BCUT2D eigenvalue weighted by molar-refractivity contribution is 7.99. The minimum atomic E-state index is -0.0971. The van der Waals surface area contributed by atoms with E-state index < -0.39 is 0 Å². The molecule has 3 aromatic rings. The van der Waals surface area contributed by atoms with Crippen LogP contribution in [-0.4, -0.2) is 41.6 Å². The first kappa shape index (κ1) is 18.7. The van der Waals surface area contributed by atoms with Gasteiger partial charge in [0.25, 0.3) is 0 Å². The van der Waals surface area contributed by atoms with Crippen molar-refractivity contribution in [2.24, 2.45) is 0 Å². The maximum atomic E-state index is 12.5. The lowest BCUT2D eigenvalue weighted by Gasteiger charge is -2.11. The highest BCUT2D eigenvalue weighted by Crippen LogP contribution is 2.31. The quantitative estimate of drug-likeness (QED) is 0.616. The van der Waals surface area contributed by atoms with Crippen molar-refractivity contribution in [2.75, 3.05) is 11.1 Å². The van der Waals surface area contributed by atoms with E-state index in [-0.39, 0.29) is 11.7 Å². The predicted molar refractivity (Wildman–Crippen MR) is 107 cm³/mol. The second-order valence-electron chi connectivity index (χ2n) is 7.00. The number of nitrogens with zero attached hydrogens (tertiary/aromatic N) is 6. The third-order valence-electron chi connectivity index (χ3n) is 4.81. The number of carbonyl (C=O) groups excluding carboxylic acids is 1. The Morgan fingerprint density at radius 2 is 2.04 bits per heavy atom. The monoisotopic (exact) mass is 397 g/mol. The number of hydrogen-bond acceptors (Lipinski definition) is 6. The Kier molecular flexibility index (Phi) is 5.70. The summed E-state index contributed by atoms with van der Waals surface area (Å²) < 4.78 is 3.69. The Labute approximate surface area is 167 Å². The number of amides is 1. The lowest BCUT2D eigenvalue weighted by Crippen LogP contribution is -2.18. The topological polar surface area (TPSA) is 90.5 Å². The summed E-state index contributed by atoms with van der Waals surface area (Å²) >= 11 is 1.37. The lowest BCUT2D eigenvalue weighted by atomic mass is 10.2. The molecule has 0 bridgehead atoms. The maximum Gasteiger partial charge on any atom is 0.235 e. The average Bonchev–Trinajstić information content (AvgIpc) is 3.42. The van der Waals surface area contributed by atoms with Crippen LogP contribution in [0.3, 0.4) is 0 Å². The van der Waals surface area contributed by atoms with Crippen molar-refractivity contribution in [3.63, 3.8) is 0 Å². The fourth-order valence-electron chi connectivity index (χ4n) is 3.49. The molecule has 0 radical (unpaired) electrons. The summed E-state index contributed by atoms with van der Waals surface area (Å²) in [4.78, 5) is 12.5. The Balaban J connectivity index is 1.37. The van der Waals surface area contributed by atoms with Gasteiger partial charge in [-0.1, -0.05) is 54.9 Å². The number of rotatable bonds is 7. The lowest BCUT2D eigenvalue weighted by molar-refractivity contribution is -0.113. The third-order valence-corrected chi connectivity index (χ3v) is 5.74. The van der Waals surface area contributed by atoms with E-state index >= 15 is 0 Å². The number of nitrogens with one attached hydrogen (secondary N) is 1. The molecule has 0 saturated heterocycles. The van der Waals surface area contributed by atoms with Crippen molar-refractivity contribution in [1.29, 1.82) is 0 Å². The molecular weight excluding hydrogens is 374 g/mol. The second kappa shape index (κ2) is 8.55. The van der Waals surface area contributed by atoms with Gasteiger partial charge in [0.1, 0.15) is 5.82 Å². The van der Waals surface area contributed by atoms with Crippen molar-refractivity contribution < 1.29 is 4.79 Å². The molecule has 0 atom stereocenters. The first-order chi connectivity index (χ1) is 13.7. The largest absolute Gasteiger partial charge is 0.310 e. The summed E-state index contributed by atoms with van der Waals surface area (Å²) in [5.41, 5.74) is 2.00. The SMILES string of the molecule is Cc1cc(NC(=O)CSc2nnnn2C2CCCC2)n(Cc2ccccc2)n1. The van der Waals surface area contributed by atoms with Crippen LogP contribution in [0.5, 0.6) is 0 Å². The van der Waals surface area contributed by atoms with E-state index in [1.807, 2.05) is 52.7 Å². The molecule has 1 aliphatic rings. The molecule has 0 spiro atoms. The molecule has 2 aromatic heterocycles. The second-order valence-corrected chi connectivity index (χ2v) is 7.94. The number of thioether (sulfide) groups is 1. The number of aryl methyl sites for hydroxylation is 1. The Bertz CT molecular complexity index is 931.